The number of hydrogen-bond donors (Lipinski definition) is 1. The van der Waals surface area contributed by atoms with Gasteiger partial charge in [-0.1, -0.05) is 40.9 Å². The summed E-state index contributed by atoms with van der Waals surface area (Å²) >= 11 is 17.8. The van der Waals surface area contributed by atoms with Crippen molar-refractivity contribution in [2.75, 3.05) is 11.9 Å². The molecular formula is C19H16Cl3NO3. The first-order valence-electron chi connectivity index (χ1n) is 8.17. The molecule has 2 aromatic carbocycles. The van der Waals surface area contributed by atoms with E-state index in [0.717, 1.165) is 19.3 Å². The van der Waals surface area contributed by atoms with Gasteiger partial charge in [0.05, 0.1) is 26.3 Å². The van der Waals surface area contributed by atoms with E-state index in [0.29, 0.717) is 11.3 Å². The zero-order valence-electron chi connectivity index (χ0n) is 13.8. The van der Waals surface area contributed by atoms with Crippen LogP contribution in [0.15, 0.2) is 30.3 Å². The minimum atomic E-state index is -0.534. The first-order valence-corrected chi connectivity index (χ1v) is 9.31. The van der Waals surface area contributed by atoms with Gasteiger partial charge in [-0.05, 0) is 61.1 Å². The molecule has 1 aliphatic carbocycles. The molecule has 1 N–H and O–H groups in total. The van der Waals surface area contributed by atoms with Gasteiger partial charge in [-0.3, -0.25) is 4.79 Å². The van der Waals surface area contributed by atoms with Gasteiger partial charge in [0.2, 0.25) is 0 Å². The Hall–Kier alpha value is -1.75. The normalized spacial score (nSPS) is 13.0. The third-order valence-electron chi connectivity index (χ3n) is 4.20. The van der Waals surface area contributed by atoms with Crippen molar-refractivity contribution >= 4 is 52.4 Å². The summed E-state index contributed by atoms with van der Waals surface area (Å²) < 4.78 is 5.09. The number of anilines is 1. The first kappa shape index (κ1) is 19.0. The second-order valence-electron chi connectivity index (χ2n) is 6.06. The van der Waals surface area contributed by atoms with E-state index >= 15 is 0 Å². The van der Waals surface area contributed by atoms with Gasteiger partial charge in [0.25, 0.3) is 5.91 Å². The molecule has 0 aromatic heterocycles. The van der Waals surface area contributed by atoms with Crippen molar-refractivity contribution in [3.05, 3.63) is 62.1 Å². The number of rotatable bonds is 4. The lowest BCUT2D eigenvalue weighted by molar-refractivity contribution is -0.119. The van der Waals surface area contributed by atoms with Gasteiger partial charge in [0.1, 0.15) is 0 Å². The third kappa shape index (κ3) is 4.50. The van der Waals surface area contributed by atoms with Crippen LogP contribution in [0.25, 0.3) is 0 Å². The minimum Gasteiger partial charge on any atom is -0.452 e. The van der Waals surface area contributed by atoms with Crippen LogP contribution in [0.1, 0.15) is 34.3 Å². The fraction of sp³-hybridized carbons (Fsp3) is 0.263. The summed E-state index contributed by atoms with van der Waals surface area (Å²) in [7, 11) is 0. The first-order chi connectivity index (χ1) is 12.4. The van der Waals surface area contributed by atoms with Crippen LogP contribution >= 0.6 is 34.8 Å². The average molecular weight is 413 g/mol. The Bertz CT molecular complexity index is 867. The van der Waals surface area contributed by atoms with Gasteiger partial charge in [0, 0.05) is 0 Å². The summed E-state index contributed by atoms with van der Waals surface area (Å²) in [5.74, 6) is -1.05. The summed E-state index contributed by atoms with van der Waals surface area (Å²) in [5, 5.41) is 3.34. The van der Waals surface area contributed by atoms with Crippen molar-refractivity contribution in [3.63, 3.8) is 0 Å². The van der Waals surface area contributed by atoms with Crippen LogP contribution in [0.5, 0.6) is 0 Å². The maximum atomic E-state index is 12.2. The number of amides is 1. The van der Waals surface area contributed by atoms with Gasteiger partial charge in [-0.25, -0.2) is 4.79 Å². The van der Waals surface area contributed by atoms with Crippen LogP contribution in [-0.4, -0.2) is 18.5 Å². The molecule has 0 heterocycles. The number of fused-ring (bicyclic) bond motifs is 1. The van der Waals surface area contributed by atoms with Crippen LogP contribution in [0, 0.1) is 0 Å². The van der Waals surface area contributed by atoms with Gasteiger partial charge in [0.15, 0.2) is 6.61 Å². The molecule has 4 nitrogen and oxygen atoms in total. The van der Waals surface area contributed by atoms with E-state index in [-0.39, 0.29) is 15.1 Å². The van der Waals surface area contributed by atoms with E-state index in [9.17, 15) is 9.59 Å². The van der Waals surface area contributed by atoms with Gasteiger partial charge < -0.3 is 10.1 Å². The number of carbonyl (C=O) groups excluding carboxylic acids is 2. The number of carbonyl (C=O) groups is 2. The molecule has 26 heavy (non-hydrogen) atoms. The Morgan fingerprint density at radius 1 is 0.923 bits per heavy atom. The standard InChI is InChI=1S/C19H16Cl3NO3/c20-14-8-16(22)17(9-15(14)21)23-18(24)10-26-19(25)13-6-5-11-3-1-2-4-12(11)7-13/h5-9H,1-4,10H2,(H,23,24). The predicted molar refractivity (Wildman–Crippen MR) is 103 cm³/mol. The highest BCUT2D eigenvalue weighted by atomic mass is 35.5. The number of aryl methyl sites for hydroxylation is 2. The summed E-state index contributed by atoms with van der Waals surface area (Å²) in [6, 6.07) is 8.42. The molecule has 136 valence electrons. The lowest BCUT2D eigenvalue weighted by Crippen LogP contribution is -2.21. The zero-order chi connectivity index (χ0) is 18.7. The summed E-state index contributed by atoms with van der Waals surface area (Å²) in [4.78, 5) is 24.2. The Labute approximate surface area is 166 Å². The lowest BCUT2D eigenvalue weighted by atomic mass is 9.90. The SMILES string of the molecule is O=C(COC(=O)c1ccc2c(c1)CCCC2)Nc1cc(Cl)c(Cl)cc1Cl. The summed E-state index contributed by atoms with van der Waals surface area (Å²) in [6.07, 6.45) is 4.30. The maximum absolute atomic E-state index is 12.2. The molecule has 1 amide bonds. The van der Waals surface area contributed by atoms with Crippen molar-refractivity contribution in [1.29, 1.82) is 0 Å². The minimum absolute atomic E-state index is 0.244. The van der Waals surface area contributed by atoms with E-state index in [4.69, 9.17) is 39.5 Å². The molecule has 0 unspecified atom stereocenters. The van der Waals surface area contributed by atoms with Crippen LogP contribution in [0.4, 0.5) is 5.69 Å². The van der Waals surface area contributed by atoms with E-state index in [1.807, 2.05) is 12.1 Å². The predicted octanol–water partition coefficient (Wildman–Crippen LogP) is 5.32. The van der Waals surface area contributed by atoms with Gasteiger partial charge >= 0.3 is 5.97 Å². The molecule has 0 aliphatic heterocycles. The number of esters is 1. The molecule has 1 aliphatic rings. The zero-order valence-corrected chi connectivity index (χ0v) is 16.0. The fourth-order valence-electron chi connectivity index (χ4n) is 2.88. The second-order valence-corrected chi connectivity index (χ2v) is 7.28. The second kappa shape index (κ2) is 8.30. The highest BCUT2D eigenvalue weighted by Crippen LogP contribution is 2.32. The number of hydrogen-bond acceptors (Lipinski definition) is 3. The molecule has 0 fully saturated rings. The largest absolute Gasteiger partial charge is 0.452 e. The molecule has 0 bridgehead atoms. The fourth-order valence-corrected chi connectivity index (χ4v) is 3.47. The maximum Gasteiger partial charge on any atom is 0.338 e. The van der Waals surface area contributed by atoms with Crippen LogP contribution in [0.3, 0.4) is 0 Å². The highest BCUT2D eigenvalue weighted by Gasteiger charge is 2.16. The molecule has 3 rings (SSSR count). The molecule has 0 atom stereocenters. The van der Waals surface area contributed by atoms with Crippen LogP contribution in [0.2, 0.25) is 15.1 Å². The number of halogens is 3. The van der Waals surface area contributed by atoms with Crippen molar-refractivity contribution in [2.45, 2.75) is 25.7 Å². The Morgan fingerprint density at radius 2 is 1.62 bits per heavy atom. The van der Waals surface area contributed by atoms with Crippen molar-refractivity contribution in [3.8, 4) is 0 Å². The number of benzene rings is 2. The number of nitrogens with one attached hydrogen (secondary N) is 1. The van der Waals surface area contributed by atoms with Crippen LogP contribution in [-0.2, 0) is 22.4 Å². The average Bonchev–Trinajstić information content (AvgIpc) is 2.63. The van der Waals surface area contributed by atoms with E-state index in [1.165, 1.54) is 29.7 Å². The van der Waals surface area contributed by atoms with Crippen molar-refractivity contribution < 1.29 is 14.3 Å². The highest BCUT2D eigenvalue weighted by molar-refractivity contribution is 6.44. The monoisotopic (exact) mass is 411 g/mol. The molecule has 2 aromatic rings. The van der Waals surface area contributed by atoms with Crippen molar-refractivity contribution in [2.24, 2.45) is 0 Å². The van der Waals surface area contributed by atoms with E-state index in [2.05, 4.69) is 5.32 Å². The van der Waals surface area contributed by atoms with E-state index in [1.54, 1.807) is 6.07 Å². The number of ether oxygens (including phenoxy) is 1. The molecule has 7 heteroatoms. The van der Waals surface area contributed by atoms with Crippen LogP contribution < -0.4 is 5.32 Å². The Kier molecular flexibility index (Phi) is 6.07. The summed E-state index contributed by atoms with van der Waals surface area (Å²) in [6.45, 7) is -0.424. The topological polar surface area (TPSA) is 55.4 Å². The molecule has 0 spiro atoms. The summed E-state index contributed by atoms with van der Waals surface area (Å²) in [5.41, 5.74) is 3.21. The Morgan fingerprint density at radius 3 is 2.38 bits per heavy atom. The third-order valence-corrected chi connectivity index (χ3v) is 5.24. The quantitative estimate of drug-likeness (QED) is 0.546. The Balaban J connectivity index is 1.59. The smallest absolute Gasteiger partial charge is 0.338 e. The van der Waals surface area contributed by atoms with Gasteiger partial charge in [-0.2, -0.15) is 0 Å². The van der Waals surface area contributed by atoms with Gasteiger partial charge in [-0.15, -0.1) is 0 Å². The lowest BCUT2D eigenvalue weighted by Gasteiger charge is -2.16. The van der Waals surface area contributed by atoms with E-state index < -0.39 is 18.5 Å². The molecule has 0 saturated carbocycles. The molecular weight excluding hydrogens is 397 g/mol. The molecule has 0 saturated heterocycles. The van der Waals surface area contributed by atoms with Crippen molar-refractivity contribution in [1.82, 2.24) is 0 Å². The molecule has 0 radical (unpaired) electrons.